The van der Waals surface area contributed by atoms with Crippen molar-refractivity contribution in [2.45, 2.75) is 52.0 Å². The molecule has 0 aliphatic carbocycles. The van der Waals surface area contributed by atoms with E-state index in [1.54, 1.807) is 30.2 Å². The number of aryl methyl sites for hydroxylation is 1. The molecule has 0 spiro atoms. The summed E-state index contributed by atoms with van der Waals surface area (Å²) in [6.45, 7) is 17.3. The Hall–Kier alpha value is -2.91. The third-order valence-electron chi connectivity index (χ3n) is 8.03. The van der Waals surface area contributed by atoms with Crippen molar-refractivity contribution >= 4 is 51.4 Å². The first-order valence-electron chi connectivity index (χ1n) is 15.6. The Morgan fingerprint density at radius 2 is 1.65 bits per heavy atom. The van der Waals surface area contributed by atoms with Crippen LogP contribution >= 0.6 is 23.1 Å². The maximum absolute atomic E-state index is 11.4. The van der Waals surface area contributed by atoms with Crippen LogP contribution in [-0.2, 0) is 6.54 Å². The van der Waals surface area contributed by atoms with Gasteiger partial charge < -0.3 is 19.4 Å². The van der Waals surface area contributed by atoms with Crippen LogP contribution in [0.15, 0.2) is 70.6 Å². The Morgan fingerprint density at radius 3 is 2.35 bits per heavy atom. The Morgan fingerprint density at radius 1 is 0.907 bits per heavy atom. The molecule has 4 rings (SSSR count). The first kappa shape index (κ1) is 33.0. The Bertz CT molecular complexity index is 1440. The zero-order chi connectivity index (χ0) is 30.6. The number of anilines is 1. The van der Waals surface area contributed by atoms with Gasteiger partial charge in [0.05, 0.1) is 17.8 Å². The first-order chi connectivity index (χ1) is 21.0. The number of aromatic nitrogens is 1. The number of carbonyl (C=O) groups excluding carboxylic acids is 1. The topological polar surface area (TPSA) is 39.9 Å². The number of hydrogen-bond donors (Lipinski definition) is 0. The molecule has 0 saturated heterocycles. The molecule has 2 aromatic carbocycles. The van der Waals surface area contributed by atoms with E-state index in [0.29, 0.717) is 0 Å². The van der Waals surface area contributed by atoms with Crippen molar-refractivity contribution in [3.63, 3.8) is 0 Å². The summed E-state index contributed by atoms with van der Waals surface area (Å²) in [6.07, 6.45) is 13.9. The maximum Gasteiger partial charge on any atom is 0.262 e. The van der Waals surface area contributed by atoms with Gasteiger partial charge in [0.1, 0.15) is 16.7 Å². The van der Waals surface area contributed by atoms with Crippen molar-refractivity contribution in [2.24, 2.45) is 0 Å². The third-order valence-corrected chi connectivity index (χ3v) is 10.3. The molecule has 8 heteroatoms. The molecule has 0 atom stereocenters. The highest BCUT2D eigenvalue weighted by molar-refractivity contribution is 8.03. The first-order valence-corrected chi connectivity index (χ1v) is 17.2. The molecule has 230 valence electrons. The lowest BCUT2D eigenvalue weighted by Gasteiger charge is -2.23. The molecule has 0 radical (unpaired) electrons. The number of nitrogens with zero attached hydrogens (tertiary/aromatic N) is 4. The molecule has 0 saturated carbocycles. The van der Waals surface area contributed by atoms with E-state index in [4.69, 9.17) is 4.74 Å². The van der Waals surface area contributed by atoms with Crippen LogP contribution in [0.3, 0.4) is 0 Å². The number of fused-ring (bicyclic) bond motifs is 2. The predicted molar refractivity (Wildman–Crippen MR) is 185 cm³/mol. The van der Waals surface area contributed by atoms with E-state index in [2.05, 4.69) is 102 Å². The Labute approximate surface area is 266 Å². The normalized spacial score (nSPS) is 14.4. The van der Waals surface area contributed by atoms with Crippen molar-refractivity contribution in [3.8, 4) is 5.75 Å². The fourth-order valence-electron chi connectivity index (χ4n) is 5.44. The lowest BCUT2D eigenvalue weighted by atomic mass is 10.2. The minimum atomic E-state index is 0.723. The minimum absolute atomic E-state index is 0.723. The predicted octanol–water partition coefficient (Wildman–Crippen LogP) is 7.50. The fraction of sp³-hybridized carbons (Fsp3) is 0.429. The number of allylic oxidation sites excluding steroid dienone is 4. The Balaban J connectivity index is 1.51. The number of benzene rings is 2. The van der Waals surface area contributed by atoms with Crippen LogP contribution < -0.4 is 14.2 Å². The molecule has 1 aromatic heterocycles. The lowest BCUT2D eigenvalue weighted by Crippen LogP contribution is -2.37. The highest BCUT2D eigenvalue weighted by atomic mass is 32.2. The van der Waals surface area contributed by atoms with Gasteiger partial charge in [-0.25, -0.2) is 0 Å². The number of thioether (sulfide) groups is 1. The molecule has 0 amide bonds. The van der Waals surface area contributed by atoms with E-state index in [-0.39, 0.29) is 0 Å². The quantitative estimate of drug-likeness (QED) is 0.0886. The smallest absolute Gasteiger partial charge is 0.262 e. The van der Waals surface area contributed by atoms with Gasteiger partial charge in [-0.3, -0.25) is 4.79 Å². The zero-order valence-electron chi connectivity index (χ0n) is 26.4. The van der Waals surface area contributed by atoms with Gasteiger partial charge in [0.2, 0.25) is 5.52 Å². The second-order valence-corrected chi connectivity index (χ2v) is 12.7. The number of carbonyl (C=O) groups is 1. The van der Waals surface area contributed by atoms with Crippen molar-refractivity contribution in [2.75, 3.05) is 57.8 Å². The number of methoxy groups -OCH3 is 1. The third kappa shape index (κ3) is 8.60. The number of hydrogen-bond acceptors (Lipinski definition) is 7. The van der Waals surface area contributed by atoms with Gasteiger partial charge in [0, 0.05) is 42.1 Å². The number of ether oxygens (including phenoxy) is 1. The number of thiazole rings is 1. The summed E-state index contributed by atoms with van der Waals surface area (Å²) in [4.78, 5) is 20.0. The van der Waals surface area contributed by atoms with Crippen LogP contribution in [0.4, 0.5) is 5.69 Å². The van der Waals surface area contributed by atoms with Gasteiger partial charge >= 0.3 is 0 Å². The molecule has 43 heavy (non-hydrogen) atoms. The molecule has 0 bridgehead atoms. The van der Waals surface area contributed by atoms with Gasteiger partial charge in [0.15, 0.2) is 6.54 Å². The molecule has 3 aromatic rings. The Kier molecular flexibility index (Phi) is 12.9. The minimum Gasteiger partial charge on any atom is -0.497 e. The van der Waals surface area contributed by atoms with Crippen molar-refractivity contribution in [3.05, 3.63) is 76.3 Å². The highest BCUT2D eigenvalue weighted by Crippen LogP contribution is 2.47. The van der Waals surface area contributed by atoms with E-state index >= 15 is 0 Å². The molecule has 0 fully saturated rings. The van der Waals surface area contributed by atoms with Crippen molar-refractivity contribution < 1.29 is 14.1 Å². The van der Waals surface area contributed by atoms with E-state index < -0.39 is 0 Å². The van der Waals surface area contributed by atoms with Gasteiger partial charge in [-0.2, -0.15) is 4.57 Å². The molecule has 1 aliphatic heterocycles. The van der Waals surface area contributed by atoms with Crippen LogP contribution in [0.1, 0.15) is 55.9 Å². The van der Waals surface area contributed by atoms with Gasteiger partial charge in [-0.15, -0.1) is 0 Å². The molecular formula is C35H47N4O2S2+. The molecular weight excluding hydrogens is 573 g/mol. The van der Waals surface area contributed by atoms with Crippen molar-refractivity contribution in [1.82, 2.24) is 9.80 Å². The van der Waals surface area contributed by atoms with E-state index in [9.17, 15) is 4.79 Å². The highest BCUT2D eigenvalue weighted by Gasteiger charge is 2.25. The average Bonchev–Trinajstić information content (AvgIpc) is 3.57. The van der Waals surface area contributed by atoms with Crippen LogP contribution in [0.25, 0.3) is 16.3 Å². The molecule has 2 heterocycles. The summed E-state index contributed by atoms with van der Waals surface area (Å²) in [5.41, 5.74) is 3.17. The van der Waals surface area contributed by atoms with Gasteiger partial charge in [0.25, 0.3) is 5.01 Å². The van der Waals surface area contributed by atoms with Crippen LogP contribution in [-0.4, -0.2) is 69.0 Å². The largest absolute Gasteiger partial charge is 0.497 e. The summed E-state index contributed by atoms with van der Waals surface area (Å²) >= 11 is 3.55. The van der Waals surface area contributed by atoms with Crippen LogP contribution in [0.5, 0.6) is 5.75 Å². The van der Waals surface area contributed by atoms with Crippen LogP contribution in [0.2, 0.25) is 0 Å². The molecule has 1 aliphatic rings. The second kappa shape index (κ2) is 16.8. The summed E-state index contributed by atoms with van der Waals surface area (Å²) in [6, 6.07) is 12.4. The summed E-state index contributed by atoms with van der Waals surface area (Å²) in [5.74, 6) is 0.892. The molecule has 0 N–H and O–H groups in total. The molecule has 0 unspecified atom stereocenters. The van der Waals surface area contributed by atoms with Crippen LogP contribution in [0, 0.1) is 0 Å². The number of rotatable bonds is 17. The number of aldehydes is 1. The summed E-state index contributed by atoms with van der Waals surface area (Å²) in [7, 11) is 1.72. The van der Waals surface area contributed by atoms with Crippen molar-refractivity contribution in [1.29, 1.82) is 0 Å². The monoisotopic (exact) mass is 619 g/mol. The SMILES string of the molecule is CCN(CC)CCCN1/C(=C/C=C/C=C/c2sc3cc(C=O)ccc3[n+]2CCCN(CC)CC)Sc2cc(OC)ccc21. The second-order valence-electron chi connectivity index (χ2n) is 10.5. The van der Waals surface area contributed by atoms with E-state index in [1.165, 1.54) is 26.1 Å². The van der Waals surface area contributed by atoms with Gasteiger partial charge in [-0.1, -0.05) is 69.0 Å². The average molecular weight is 620 g/mol. The van der Waals surface area contributed by atoms with Gasteiger partial charge in [-0.05, 0) is 75.6 Å². The molecule has 6 nitrogen and oxygen atoms in total. The fourth-order valence-corrected chi connectivity index (χ4v) is 7.72. The maximum atomic E-state index is 11.4. The van der Waals surface area contributed by atoms with E-state index in [0.717, 1.165) is 87.5 Å². The summed E-state index contributed by atoms with van der Waals surface area (Å²) in [5, 5.41) is 2.44. The van der Waals surface area contributed by atoms with E-state index in [1.807, 2.05) is 12.1 Å². The zero-order valence-corrected chi connectivity index (χ0v) is 28.1. The standard InChI is InChI=1S/C35H47N4O2S2/c1-6-36(7-2)21-13-23-38-30-19-17-28(27-40)25-32(30)42-34(38)15-11-10-12-16-35-39(24-14-22-37(8-3)9-4)31-20-18-29(41-5)26-33(31)43-35/h10-12,15-20,25-27H,6-9,13-14,21-24H2,1-5H3/q+1. The lowest BCUT2D eigenvalue weighted by molar-refractivity contribution is -0.669. The summed E-state index contributed by atoms with van der Waals surface area (Å²) < 4.78 is 9.04.